The van der Waals surface area contributed by atoms with Crippen molar-refractivity contribution in [3.63, 3.8) is 0 Å². The van der Waals surface area contributed by atoms with Crippen molar-refractivity contribution in [3.8, 4) is 0 Å². The zero-order valence-electron chi connectivity index (χ0n) is 7.81. The molecule has 1 aliphatic rings. The first-order valence-corrected chi connectivity index (χ1v) is 5.05. The van der Waals surface area contributed by atoms with E-state index in [1.165, 1.54) is 16.8 Å². The minimum atomic E-state index is -1.61. The molecule has 0 saturated carbocycles. The Morgan fingerprint density at radius 2 is 2.53 bits per heavy atom. The minimum Gasteiger partial charge on any atom is -0.478 e. The van der Waals surface area contributed by atoms with Gasteiger partial charge in [0.05, 0.1) is 22.6 Å². The monoisotopic (exact) mass is 228 g/mol. The molecule has 1 atom stereocenters. The molecule has 15 heavy (non-hydrogen) atoms. The van der Waals surface area contributed by atoms with Crippen LogP contribution in [0.3, 0.4) is 0 Å². The highest BCUT2D eigenvalue weighted by Gasteiger charge is 2.51. The van der Waals surface area contributed by atoms with Crippen molar-refractivity contribution in [2.75, 3.05) is 6.54 Å². The Kier molecular flexibility index (Phi) is 2.11. The summed E-state index contributed by atoms with van der Waals surface area (Å²) in [6.45, 7) is 1.62. The van der Waals surface area contributed by atoms with Gasteiger partial charge in [-0.3, -0.25) is 0 Å². The van der Waals surface area contributed by atoms with Crippen LogP contribution in [0.2, 0.25) is 0 Å². The molecule has 6 nitrogen and oxygen atoms in total. The SMILES string of the molecule is Cc1ncsc1C1(C(=O)O)CNC(=O)O1. The summed E-state index contributed by atoms with van der Waals surface area (Å²) >= 11 is 1.17. The second-order valence-corrected chi connectivity index (χ2v) is 4.00. The van der Waals surface area contributed by atoms with Crippen molar-refractivity contribution in [1.29, 1.82) is 0 Å². The predicted octanol–water partition coefficient (Wildman–Crippen LogP) is 0.471. The van der Waals surface area contributed by atoms with Crippen LogP contribution in [0.5, 0.6) is 0 Å². The number of carboxylic acid groups (broad SMARTS) is 1. The second-order valence-electron chi connectivity index (χ2n) is 3.14. The fraction of sp³-hybridized carbons (Fsp3) is 0.375. The molecule has 2 rings (SSSR count). The van der Waals surface area contributed by atoms with Crippen molar-refractivity contribution in [1.82, 2.24) is 10.3 Å². The van der Waals surface area contributed by atoms with E-state index in [0.717, 1.165) is 0 Å². The van der Waals surface area contributed by atoms with Crippen molar-refractivity contribution in [2.24, 2.45) is 0 Å². The number of carboxylic acids is 1. The fourth-order valence-electron chi connectivity index (χ4n) is 1.46. The second kappa shape index (κ2) is 3.20. The average molecular weight is 228 g/mol. The Labute approximate surface area is 88.9 Å². The third kappa shape index (κ3) is 1.35. The number of carbonyl (C=O) groups excluding carboxylic acids is 1. The van der Waals surface area contributed by atoms with Gasteiger partial charge in [0.15, 0.2) is 0 Å². The third-order valence-electron chi connectivity index (χ3n) is 2.21. The van der Waals surface area contributed by atoms with Crippen LogP contribution in [-0.2, 0) is 15.1 Å². The molecule has 2 N–H and O–H groups in total. The standard InChI is InChI=1S/C8H8N2O4S/c1-4-5(15-3-10-4)8(6(11)12)2-9-7(13)14-8/h3H,2H2,1H3,(H,9,13)(H,11,12). The molecule has 1 aliphatic heterocycles. The first-order chi connectivity index (χ1) is 7.06. The molecular weight excluding hydrogens is 220 g/mol. The Hall–Kier alpha value is -1.63. The van der Waals surface area contributed by atoms with Gasteiger partial charge in [-0.1, -0.05) is 0 Å². The third-order valence-corrected chi connectivity index (χ3v) is 3.28. The van der Waals surface area contributed by atoms with E-state index in [9.17, 15) is 9.59 Å². The van der Waals surface area contributed by atoms with Gasteiger partial charge in [-0.05, 0) is 6.92 Å². The highest BCUT2D eigenvalue weighted by Crippen LogP contribution is 2.34. The molecule has 7 heteroatoms. The number of aromatic nitrogens is 1. The van der Waals surface area contributed by atoms with E-state index in [1.807, 2.05) is 0 Å². The van der Waals surface area contributed by atoms with Gasteiger partial charge in [0.2, 0.25) is 0 Å². The van der Waals surface area contributed by atoms with E-state index in [1.54, 1.807) is 6.92 Å². The largest absolute Gasteiger partial charge is 0.478 e. The van der Waals surface area contributed by atoms with E-state index in [4.69, 9.17) is 9.84 Å². The van der Waals surface area contributed by atoms with Gasteiger partial charge >= 0.3 is 12.1 Å². The van der Waals surface area contributed by atoms with Crippen molar-refractivity contribution in [3.05, 3.63) is 16.1 Å². The zero-order chi connectivity index (χ0) is 11.1. The molecular formula is C8H8N2O4S. The predicted molar refractivity (Wildman–Crippen MR) is 50.6 cm³/mol. The van der Waals surface area contributed by atoms with Crippen LogP contribution in [0, 0.1) is 6.92 Å². The summed E-state index contributed by atoms with van der Waals surface area (Å²) in [5, 5.41) is 11.5. The summed E-state index contributed by atoms with van der Waals surface area (Å²) in [5.41, 5.74) is 0.489. The molecule has 0 spiro atoms. The maximum atomic E-state index is 11.2. The van der Waals surface area contributed by atoms with Gasteiger partial charge in [-0.15, -0.1) is 11.3 Å². The summed E-state index contributed by atoms with van der Waals surface area (Å²) in [4.78, 5) is 26.5. The Balaban J connectivity index is 2.49. The van der Waals surface area contributed by atoms with Gasteiger partial charge in [0.1, 0.15) is 0 Å². The average Bonchev–Trinajstić information content (AvgIpc) is 2.72. The highest BCUT2D eigenvalue weighted by atomic mass is 32.1. The first kappa shape index (κ1) is 9.91. The van der Waals surface area contributed by atoms with E-state index in [-0.39, 0.29) is 6.54 Å². The summed E-state index contributed by atoms with van der Waals surface area (Å²) in [6, 6.07) is 0. The number of ether oxygens (including phenoxy) is 1. The maximum absolute atomic E-state index is 11.2. The van der Waals surface area contributed by atoms with Crippen LogP contribution in [-0.4, -0.2) is 28.7 Å². The number of alkyl carbamates (subject to hydrolysis) is 1. The minimum absolute atomic E-state index is 0.0653. The molecule has 1 aromatic rings. The topological polar surface area (TPSA) is 88.5 Å². The first-order valence-electron chi connectivity index (χ1n) is 4.17. The number of hydrogen-bond acceptors (Lipinski definition) is 5. The lowest BCUT2D eigenvalue weighted by molar-refractivity contribution is -0.155. The van der Waals surface area contributed by atoms with Crippen LogP contribution in [0.15, 0.2) is 5.51 Å². The number of nitrogens with zero attached hydrogens (tertiary/aromatic N) is 1. The van der Waals surface area contributed by atoms with E-state index in [0.29, 0.717) is 10.6 Å². The molecule has 80 valence electrons. The van der Waals surface area contributed by atoms with Gasteiger partial charge < -0.3 is 15.2 Å². The lowest BCUT2D eigenvalue weighted by Gasteiger charge is -2.19. The molecule has 0 aromatic carbocycles. The molecule has 1 aromatic heterocycles. The smallest absolute Gasteiger partial charge is 0.408 e. The fourth-order valence-corrected chi connectivity index (χ4v) is 2.39. The Morgan fingerprint density at radius 1 is 1.80 bits per heavy atom. The lowest BCUT2D eigenvalue weighted by Crippen LogP contribution is -2.39. The van der Waals surface area contributed by atoms with Crippen molar-refractivity contribution >= 4 is 23.4 Å². The van der Waals surface area contributed by atoms with Gasteiger partial charge in [0.25, 0.3) is 5.60 Å². The molecule has 1 saturated heterocycles. The number of thiazole rings is 1. The number of cyclic esters (lactones) is 1. The Morgan fingerprint density at radius 3 is 2.93 bits per heavy atom. The highest BCUT2D eigenvalue weighted by molar-refractivity contribution is 7.10. The molecule has 1 unspecified atom stereocenters. The van der Waals surface area contributed by atoms with E-state index in [2.05, 4.69) is 10.3 Å². The zero-order valence-corrected chi connectivity index (χ0v) is 8.63. The maximum Gasteiger partial charge on any atom is 0.408 e. The summed E-state index contributed by atoms with van der Waals surface area (Å²) in [7, 11) is 0. The molecule has 0 radical (unpaired) electrons. The van der Waals surface area contributed by atoms with Gasteiger partial charge in [-0.25, -0.2) is 14.6 Å². The van der Waals surface area contributed by atoms with Crippen molar-refractivity contribution < 1.29 is 19.4 Å². The van der Waals surface area contributed by atoms with Crippen LogP contribution in [0.1, 0.15) is 10.6 Å². The molecule has 1 amide bonds. The van der Waals surface area contributed by atoms with Gasteiger partial charge in [0, 0.05) is 0 Å². The number of aryl methyl sites for hydroxylation is 1. The number of nitrogens with one attached hydrogen (secondary N) is 1. The van der Waals surface area contributed by atoms with Crippen LogP contribution < -0.4 is 5.32 Å². The van der Waals surface area contributed by atoms with Crippen molar-refractivity contribution in [2.45, 2.75) is 12.5 Å². The quantitative estimate of drug-likeness (QED) is 0.768. The molecule has 0 bridgehead atoms. The Bertz CT molecular complexity index is 430. The number of amides is 1. The van der Waals surface area contributed by atoms with Crippen LogP contribution in [0.4, 0.5) is 4.79 Å². The van der Waals surface area contributed by atoms with Gasteiger partial charge in [-0.2, -0.15) is 0 Å². The number of rotatable bonds is 2. The normalized spacial score (nSPS) is 24.7. The molecule has 2 heterocycles. The molecule has 1 fully saturated rings. The van der Waals surface area contributed by atoms with Crippen LogP contribution >= 0.6 is 11.3 Å². The molecule has 0 aliphatic carbocycles. The summed E-state index contributed by atoms with van der Waals surface area (Å²) < 4.78 is 4.86. The number of carbonyl (C=O) groups is 2. The lowest BCUT2D eigenvalue weighted by atomic mass is 10.0. The number of hydrogen-bond donors (Lipinski definition) is 2. The van der Waals surface area contributed by atoms with E-state index >= 15 is 0 Å². The summed E-state index contributed by atoms with van der Waals surface area (Å²) in [6.07, 6.45) is -0.717. The summed E-state index contributed by atoms with van der Waals surface area (Å²) in [5.74, 6) is -1.19. The van der Waals surface area contributed by atoms with Crippen LogP contribution in [0.25, 0.3) is 0 Å². The van der Waals surface area contributed by atoms with E-state index < -0.39 is 17.7 Å². The number of aliphatic carboxylic acids is 1.